The Morgan fingerprint density at radius 2 is 1.71 bits per heavy atom. The largest absolute Gasteiger partial charge is 0.368 e. The highest BCUT2D eigenvalue weighted by Crippen LogP contribution is 2.28. The van der Waals surface area contributed by atoms with Crippen molar-refractivity contribution < 1.29 is 14.1 Å². The van der Waals surface area contributed by atoms with Crippen molar-refractivity contribution in [3.05, 3.63) is 77.2 Å². The molecule has 0 atom stereocenters. The Hall–Kier alpha value is -3.26. The smallest absolute Gasteiger partial charge is 0.252 e. The summed E-state index contributed by atoms with van der Waals surface area (Å²) >= 11 is 1.58. The number of thioether (sulfide) groups is 1. The first-order valence-corrected chi connectivity index (χ1v) is 12.5. The van der Waals surface area contributed by atoms with Gasteiger partial charge in [-0.25, -0.2) is 0 Å². The maximum absolute atomic E-state index is 12.8. The molecule has 34 heavy (non-hydrogen) atoms. The average Bonchev–Trinajstić information content (AvgIpc) is 3.20. The molecule has 1 N–H and O–H groups in total. The molecule has 1 aliphatic heterocycles. The maximum atomic E-state index is 12.8. The number of carbonyl (C=O) groups excluding carboxylic acids is 2. The summed E-state index contributed by atoms with van der Waals surface area (Å²) < 4.78 is 5.23. The minimum absolute atomic E-state index is 0.0779. The van der Waals surface area contributed by atoms with Gasteiger partial charge in [0, 0.05) is 61.0 Å². The number of hydrogen-bond donors (Lipinski definition) is 1. The zero-order valence-corrected chi connectivity index (χ0v) is 20.4. The summed E-state index contributed by atoms with van der Waals surface area (Å²) in [6, 6.07) is 17.8. The van der Waals surface area contributed by atoms with Crippen molar-refractivity contribution in [1.29, 1.82) is 0 Å². The number of hydrogen-bond acceptors (Lipinski definition) is 6. The van der Waals surface area contributed by atoms with Crippen LogP contribution in [0.4, 0.5) is 5.69 Å². The number of rotatable bonds is 8. The fourth-order valence-electron chi connectivity index (χ4n) is 4.03. The summed E-state index contributed by atoms with van der Waals surface area (Å²) in [5.41, 5.74) is 3.73. The third-order valence-electron chi connectivity index (χ3n) is 6.06. The van der Waals surface area contributed by atoms with E-state index < -0.39 is 0 Å². The van der Waals surface area contributed by atoms with E-state index in [1.165, 1.54) is 5.69 Å². The molecule has 4 rings (SSSR count). The van der Waals surface area contributed by atoms with Gasteiger partial charge in [-0.05, 0) is 38.1 Å². The van der Waals surface area contributed by atoms with Gasteiger partial charge in [0.1, 0.15) is 5.76 Å². The third-order valence-corrected chi connectivity index (χ3v) is 7.16. The van der Waals surface area contributed by atoms with Gasteiger partial charge in [0.25, 0.3) is 5.91 Å². The van der Waals surface area contributed by atoms with Crippen LogP contribution in [0.2, 0.25) is 0 Å². The Kier molecular flexibility index (Phi) is 7.90. The standard InChI is InChI=1S/C26H30N4O3S/c1-19-23(20(2)33-28-19)18-34-24-11-7-6-10-22(24)26(32)27-13-12-25(31)30-16-14-29(15-17-30)21-8-4-3-5-9-21/h3-11H,12-18H2,1-2H3,(H,27,32). The van der Waals surface area contributed by atoms with Gasteiger partial charge >= 0.3 is 0 Å². The average molecular weight is 479 g/mol. The van der Waals surface area contributed by atoms with Crippen LogP contribution in [0.5, 0.6) is 0 Å². The molecule has 1 fully saturated rings. The number of nitrogens with one attached hydrogen (secondary N) is 1. The van der Waals surface area contributed by atoms with Crippen LogP contribution < -0.4 is 10.2 Å². The van der Waals surface area contributed by atoms with E-state index in [9.17, 15) is 9.59 Å². The van der Waals surface area contributed by atoms with Gasteiger partial charge in [-0.15, -0.1) is 11.8 Å². The highest BCUT2D eigenvalue weighted by molar-refractivity contribution is 7.98. The van der Waals surface area contributed by atoms with Crippen molar-refractivity contribution in [1.82, 2.24) is 15.4 Å². The molecule has 2 amide bonds. The maximum Gasteiger partial charge on any atom is 0.252 e. The van der Waals surface area contributed by atoms with Crippen molar-refractivity contribution in [2.45, 2.75) is 30.9 Å². The molecule has 0 spiro atoms. The summed E-state index contributed by atoms with van der Waals surface area (Å²) in [5.74, 6) is 1.39. The molecule has 1 aliphatic rings. The minimum atomic E-state index is -0.163. The van der Waals surface area contributed by atoms with Gasteiger partial charge in [0.15, 0.2) is 0 Å². The molecule has 3 aromatic rings. The fraction of sp³-hybridized carbons (Fsp3) is 0.346. The molecule has 0 bridgehead atoms. The summed E-state index contributed by atoms with van der Waals surface area (Å²) in [4.78, 5) is 30.6. The van der Waals surface area contributed by atoms with Crippen molar-refractivity contribution in [2.24, 2.45) is 0 Å². The predicted octanol–water partition coefficient (Wildman–Crippen LogP) is 4.05. The van der Waals surface area contributed by atoms with E-state index in [1.54, 1.807) is 11.8 Å². The molecule has 2 heterocycles. The summed E-state index contributed by atoms with van der Waals surface area (Å²) in [6.07, 6.45) is 0.297. The van der Waals surface area contributed by atoms with Crippen LogP contribution in [-0.4, -0.2) is 54.6 Å². The quantitative estimate of drug-likeness (QED) is 0.492. The molecule has 1 aromatic heterocycles. The summed E-state index contributed by atoms with van der Waals surface area (Å²) in [5, 5.41) is 6.91. The monoisotopic (exact) mass is 478 g/mol. The first-order valence-electron chi connectivity index (χ1n) is 11.5. The number of para-hydroxylation sites is 1. The highest BCUT2D eigenvalue weighted by atomic mass is 32.2. The van der Waals surface area contributed by atoms with Gasteiger partial charge in [0.05, 0.1) is 11.3 Å². The van der Waals surface area contributed by atoms with Crippen LogP contribution in [-0.2, 0) is 10.5 Å². The molecule has 7 nitrogen and oxygen atoms in total. The number of aryl methyl sites for hydroxylation is 2. The second-order valence-electron chi connectivity index (χ2n) is 8.30. The Labute approximate surface area is 204 Å². The molecule has 8 heteroatoms. The number of piperazine rings is 1. The normalized spacial score (nSPS) is 13.7. The molecule has 178 valence electrons. The van der Waals surface area contributed by atoms with Crippen molar-refractivity contribution in [2.75, 3.05) is 37.6 Å². The van der Waals surface area contributed by atoms with E-state index in [0.717, 1.165) is 35.0 Å². The molecule has 0 radical (unpaired) electrons. The number of nitrogens with zero attached hydrogens (tertiary/aromatic N) is 3. The van der Waals surface area contributed by atoms with Crippen LogP contribution in [0, 0.1) is 13.8 Å². The minimum Gasteiger partial charge on any atom is -0.368 e. The van der Waals surface area contributed by atoms with E-state index in [1.807, 2.05) is 61.2 Å². The number of amides is 2. The zero-order chi connectivity index (χ0) is 23.9. The molecule has 2 aromatic carbocycles. The first kappa shape index (κ1) is 23.9. The molecular weight excluding hydrogens is 448 g/mol. The van der Waals surface area contributed by atoms with Gasteiger partial charge in [-0.2, -0.15) is 0 Å². The van der Waals surface area contributed by atoms with Gasteiger partial charge < -0.3 is 19.6 Å². The van der Waals surface area contributed by atoms with E-state index in [4.69, 9.17) is 4.52 Å². The van der Waals surface area contributed by atoms with Crippen LogP contribution in [0.25, 0.3) is 0 Å². The molecular formula is C26H30N4O3S. The van der Waals surface area contributed by atoms with Gasteiger partial charge in [-0.1, -0.05) is 35.5 Å². The zero-order valence-electron chi connectivity index (χ0n) is 19.6. The predicted molar refractivity (Wildman–Crippen MR) is 134 cm³/mol. The summed E-state index contributed by atoms with van der Waals surface area (Å²) in [6.45, 7) is 7.16. The van der Waals surface area contributed by atoms with E-state index >= 15 is 0 Å². The number of carbonyl (C=O) groups is 2. The Bertz CT molecular complexity index is 1100. The third kappa shape index (κ3) is 5.80. The first-order chi connectivity index (χ1) is 16.5. The van der Waals surface area contributed by atoms with Gasteiger partial charge in [-0.3, -0.25) is 9.59 Å². The van der Waals surface area contributed by atoms with Crippen LogP contribution in [0.3, 0.4) is 0 Å². The molecule has 0 unspecified atom stereocenters. The fourth-order valence-corrected chi connectivity index (χ4v) is 5.23. The van der Waals surface area contributed by atoms with Crippen LogP contribution >= 0.6 is 11.8 Å². The van der Waals surface area contributed by atoms with E-state index in [-0.39, 0.29) is 11.8 Å². The molecule has 0 aliphatic carbocycles. The highest BCUT2D eigenvalue weighted by Gasteiger charge is 2.21. The number of benzene rings is 2. The number of aromatic nitrogens is 1. The lowest BCUT2D eigenvalue weighted by Crippen LogP contribution is -2.49. The van der Waals surface area contributed by atoms with Crippen molar-refractivity contribution in [3.8, 4) is 0 Å². The molecule has 0 saturated carbocycles. The van der Waals surface area contributed by atoms with Crippen molar-refractivity contribution in [3.63, 3.8) is 0 Å². The van der Waals surface area contributed by atoms with Crippen LogP contribution in [0.1, 0.15) is 33.8 Å². The Morgan fingerprint density at radius 1 is 1.00 bits per heavy atom. The topological polar surface area (TPSA) is 78.7 Å². The Morgan fingerprint density at radius 3 is 2.41 bits per heavy atom. The second-order valence-corrected chi connectivity index (χ2v) is 9.31. The SMILES string of the molecule is Cc1noc(C)c1CSc1ccccc1C(=O)NCCC(=O)N1CCN(c2ccccc2)CC1. The van der Waals surface area contributed by atoms with E-state index in [2.05, 4.69) is 27.5 Å². The lowest BCUT2D eigenvalue weighted by atomic mass is 10.2. The molecule has 1 saturated heterocycles. The van der Waals surface area contributed by atoms with Gasteiger partial charge in [0.2, 0.25) is 5.91 Å². The van der Waals surface area contributed by atoms with Crippen LogP contribution in [0.15, 0.2) is 64.0 Å². The second kappa shape index (κ2) is 11.2. The lowest BCUT2D eigenvalue weighted by Gasteiger charge is -2.36. The lowest BCUT2D eigenvalue weighted by molar-refractivity contribution is -0.131. The van der Waals surface area contributed by atoms with E-state index in [0.29, 0.717) is 37.4 Å². The Balaban J connectivity index is 1.25. The number of anilines is 1. The van der Waals surface area contributed by atoms with Crippen molar-refractivity contribution >= 4 is 29.3 Å². The summed E-state index contributed by atoms with van der Waals surface area (Å²) in [7, 11) is 0.